The highest BCUT2D eigenvalue weighted by atomic mass is 15.4. The number of rotatable bonds is 2. The van der Waals surface area contributed by atoms with Crippen LogP contribution in [-0.4, -0.2) is 35.3 Å². The van der Waals surface area contributed by atoms with Crippen LogP contribution in [0, 0.1) is 0 Å². The molecule has 4 heteroatoms. The van der Waals surface area contributed by atoms with E-state index in [1.165, 1.54) is 17.1 Å². The number of hydrogen-bond acceptors (Lipinski definition) is 3. The minimum atomic E-state index is 0.420. The van der Waals surface area contributed by atoms with Crippen LogP contribution >= 0.6 is 0 Å². The van der Waals surface area contributed by atoms with Crippen molar-refractivity contribution in [1.29, 1.82) is 0 Å². The van der Waals surface area contributed by atoms with Gasteiger partial charge in [0, 0.05) is 31.7 Å². The summed E-state index contributed by atoms with van der Waals surface area (Å²) in [5.74, 6) is 1.20. The predicted octanol–water partition coefficient (Wildman–Crippen LogP) is 1.49. The second-order valence-electron chi connectivity index (χ2n) is 4.55. The van der Waals surface area contributed by atoms with Crippen molar-refractivity contribution in [2.24, 2.45) is 0 Å². The molecular weight excluding hydrogens is 188 g/mol. The van der Waals surface area contributed by atoms with E-state index in [1.807, 2.05) is 7.05 Å². The molecule has 0 saturated heterocycles. The summed E-state index contributed by atoms with van der Waals surface area (Å²) >= 11 is 0. The number of nitrogens with one attached hydrogen (secondary N) is 1. The van der Waals surface area contributed by atoms with Gasteiger partial charge in [0.2, 0.25) is 0 Å². The Morgan fingerprint density at radius 1 is 1.40 bits per heavy atom. The van der Waals surface area contributed by atoms with Crippen LogP contribution < -0.4 is 5.32 Å². The van der Waals surface area contributed by atoms with Gasteiger partial charge in [-0.2, -0.15) is 5.10 Å². The van der Waals surface area contributed by atoms with Crippen molar-refractivity contribution in [3.8, 4) is 0 Å². The zero-order valence-electron chi connectivity index (χ0n) is 10.0. The van der Waals surface area contributed by atoms with E-state index >= 15 is 0 Å². The fraction of sp³-hybridized carbons (Fsp3) is 0.727. The number of hydrogen-bond donors (Lipinski definition) is 1. The molecule has 0 unspecified atom stereocenters. The van der Waals surface area contributed by atoms with Crippen LogP contribution in [0.1, 0.15) is 31.1 Å². The lowest BCUT2D eigenvalue weighted by atomic mass is 10.1. The van der Waals surface area contributed by atoms with Gasteiger partial charge >= 0.3 is 0 Å². The lowest BCUT2D eigenvalue weighted by Gasteiger charge is -2.21. The number of likely N-dealkylation sites (N-methyl/N-ethyl adjacent to an activating group) is 1. The molecule has 0 fully saturated rings. The highest BCUT2D eigenvalue weighted by Crippen LogP contribution is 2.27. The maximum atomic E-state index is 4.68. The third-order valence-electron chi connectivity index (χ3n) is 2.98. The molecule has 1 aliphatic heterocycles. The molecule has 2 rings (SSSR count). The summed E-state index contributed by atoms with van der Waals surface area (Å²) in [5, 5.41) is 7.97. The summed E-state index contributed by atoms with van der Waals surface area (Å²) in [6, 6.07) is 0.420. The quantitative estimate of drug-likeness (QED) is 0.799. The molecule has 0 aliphatic carbocycles. The fourth-order valence-electron chi connectivity index (χ4n) is 2.18. The molecular formula is C11H20N4. The highest BCUT2D eigenvalue weighted by molar-refractivity contribution is 5.48. The summed E-state index contributed by atoms with van der Waals surface area (Å²) in [7, 11) is 4.13. The zero-order valence-corrected chi connectivity index (χ0v) is 10.0. The summed E-state index contributed by atoms with van der Waals surface area (Å²) in [5.41, 5.74) is 2.64. The first kappa shape index (κ1) is 10.5. The molecule has 2 heterocycles. The third-order valence-corrected chi connectivity index (χ3v) is 2.98. The van der Waals surface area contributed by atoms with Crippen molar-refractivity contribution >= 4 is 5.82 Å². The summed E-state index contributed by atoms with van der Waals surface area (Å²) in [6.45, 7) is 6.45. The first-order chi connectivity index (χ1) is 7.13. The Hall–Kier alpha value is -1.03. The molecule has 1 N–H and O–H groups in total. The number of aromatic nitrogens is 2. The van der Waals surface area contributed by atoms with Crippen molar-refractivity contribution in [2.75, 3.05) is 26.0 Å². The minimum Gasteiger partial charge on any atom is -0.373 e. The molecule has 0 saturated carbocycles. The van der Waals surface area contributed by atoms with Gasteiger partial charge in [0.1, 0.15) is 5.82 Å². The van der Waals surface area contributed by atoms with Crippen molar-refractivity contribution in [1.82, 2.24) is 14.7 Å². The normalized spacial score (nSPS) is 16.9. The van der Waals surface area contributed by atoms with Gasteiger partial charge in [0.25, 0.3) is 0 Å². The fourth-order valence-corrected chi connectivity index (χ4v) is 2.18. The van der Waals surface area contributed by atoms with Crippen LogP contribution in [0.4, 0.5) is 5.82 Å². The van der Waals surface area contributed by atoms with Crippen molar-refractivity contribution in [3.05, 3.63) is 11.3 Å². The topological polar surface area (TPSA) is 33.1 Å². The maximum Gasteiger partial charge on any atom is 0.127 e. The van der Waals surface area contributed by atoms with Crippen LogP contribution in [0.5, 0.6) is 0 Å². The first-order valence-corrected chi connectivity index (χ1v) is 5.60. The Balaban J connectivity index is 2.43. The standard InChI is InChI=1S/C11H20N4/c1-8(2)15-11(12-3)9-5-6-14(4)7-10(9)13-15/h8,12H,5-7H2,1-4H3. The number of nitrogens with zero attached hydrogens (tertiary/aromatic N) is 3. The van der Waals surface area contributed by atoms with E-state index in [0.29, 0.717) is 6.04 Å². The van der Waals surface area contributed by atoms with E-state index in [2.05, 4.69) is 40.9 Å². The largest absolute Gasteiger partial charge is 0.373 e. The second-order valence-corrected chi connectivity index (χ2v) is 4.55. The molecule has 1 aromatic heterocycles. The van der Waals surface area contributed by atoms with Gasteiger partial charge in [-0.15, -0.1) is 0 Å². The molecule has 15 heavy (non-hydrogen) atoms. The van der Waals surface area contributed by atoms with Crippen LogP contribution in [0.3, 0.4) is 0 Å². The van der Waals surface area contributed by atoms with Gasteiger partial charge in [-0.1, -0.05) is 0 Å². The second kappa shape index (κ2) is 3.85. The predicted molar refractivity (Wildman–Crippen MR) is 62.2 cm³/mol. The first-order valence-electron chi connectivity index (χ1n) is 5.60. The van der Waals surface area contributed by atoms with Gasteiger partial charge in [0.05, 0.1) is 5.69 Å². The number of fused-ring (bicyclic) bond motifs is 1. The van der Waals surface area contributed by atoms with E-state index in [9.17, 15) is 0 Å². The molecule has 1 aromatic rings. The molecule has 84 valence electrons. The highest BCUT2D eigenvalue weighted by Gasteiger charge is 2.22. The number of anilines is 1. The van der Waals surface area contributed by atoms with Crippen LogP contribution in [-0.2, 0) is 13.0 Å². The monoisotopic (exact) mass is 208 g/mol. The third kappa shape index (κ3) is 1.74. The molecule has 0 atom stereocenters. The zero-order chi connectivity index (χ0) is 11.0. The molecule has 0 spiro atoms. The molecule has 1 aliphatic rings. The van der Waals surface area contributed by atoms with Gasteiger partial charge in [-0.05, 0) is 27.3 Å². The minimum absolute atomic E-state index is 0.420. The molecule has 0 bridgehead atoms. The smallest absolute Gasteiger partial charge is 0.127 e. The van der Waals surface area contributed by atoms with Gasteiger partial charge in [0.15, 0.2) is 0 Å². The maximum absolute atomic E-state index is 4.68. The van der Waals surface area contributed by atoms with Gasteiger partial charge in [-0.25, -0.2) is 4.68 Å². The SMILES string of the molecule is CNc1c2c(nn1C(C)C)CN(C)CC2. The Labute approximate surface area is 91.3 Å². The van der Waals surface area contributed by atoms with E-state index in [-0.39, 0.29) is 0 Å². The summed E-state index contributed by atoms with van der Waals surface area (Å²) in [6.07, 6.45) is 1.11. The average molecular weight is 208 g/mol. The van der Waals surface area contributed by atoms with Crippen molar-refractivity contribution in [3.63, 3.8) is 0 Å². The average Bonchev–Trinajstić information content (AvgIpc) is 2.55. The lowest BCUT2D eigenvalue weighted by molar-refractivity contribution is 0.308. The Kier molecular flexibility index (Phi) is 2.69. The van der Waals surface area contributed by atoms with Crippen LogP contribution in [0.25, 0.3) is 0 Å². The van der Waals surface area contributed by atoms with Crippen molar-refractivity contribution < 1.29 is 0 Å². The summed E-state index contributed by atoms with van der Waals surface area (Å²) in [4.78, 5) is 2.32. The molecule has 0 radical (unpaired) electrons. The van der Waals surface area contributed by atoms with E-state index < -0.39 is 0 Å². The van der Waals surface area contributed by atoms with Gasteiger partial charge in [-0.3, -0.25) is 0 Å². The Bertz CT molecular complexity index is 354. The molecule has 0 amide bonds. The van der Waals surface area contributed by atoms with Crippen molar-refractivity contribution in [2.45, 2.75) is 32.9 Å². The van der Waals surface area contributed by atoms with E-state index in [1.54, 1.807) is 0 Å². The van der Waals surface area contributed by atoms with E-state index in [4.69, 9.17) is 0 Å². The summed E-state index contributed by atoms with van der Waals surface area (Å²) < 4.78 is 2.10. The Morgan fingerprint density at radius 2 is 2.13 bits per heavy atom. The van der Waals surface area contributed by atoms with Crippen LogP contribution in [0.2, 0.25) is 0 Å². The Morgan fingerprint density at radius 3 is 2.73 bits per heavy atom. The van der Waals surface area contributed by atoms with E-state index in [0.717, 1.165) is 19.5 Å². The van der Waals surface area contributed by atoms with Crippen LogP contribution in [0.15, 0.2) is 0 Å². The molecule has 0 aromatic carbocycles. The molecule has 4 nitrogen and oxygen atoms in total. The lowest BCUT2D eigenvalue weighted by Crippen LogP contribution is -2.26. The van der Waals surface area contributed by atoms with Gasteiger partial charge < -0.3 is 10.2 Å².